The van der Waals surface area contributed by atoms with Crippen LogP contribution < -0.4 is 0 Å². The van der Waals surface area contributed by atoms with Crippen LogP contribution in [0, 0.1) is 0 Å². The first-order chi connectivity index (χ1) is 9.72. The van der Waals surface area contributed by atoms with Crippen LogP contribution in [0.1, 0.15) is 16.1 Å². The second-order valence-electron chi connectivity index (χ2n) is 4.14. The molecule has 2 aromatic rings. The van der Waals surface area contributed by atoms with Crippen LogP contribution in [-0.4, -0.2) is 31.0 Å². The van der Waals surface area contributed by atoms with Gasteiger partial charge in [0.05, 0.1) is 18.3 Å². The summed E-state index contributed by atoms with van der Waals surface area (Å²) in [6, 6.07) is 7.56. The van der Waals surface area contributed by atoms with Gasteiger partial charge in [-0.15, -0.1) is 0 Å². The smallest absolute Gasteiger partial charge is 0.330 e. The standard InChI is InChI=1S/C15H15NO4/c1-19-10-16-13-6-4-3-5-11(13)12(14(16)9-17)7-8-15(18)20-2/h3-9H,10H2,1-2H3/b8-7+. The van der Waals surface area contributed by atoms with Crippen LogP contribution in [0.2, 0.25) is 0 Å². The Kier molecular flexibility index (Phi) is 4.32. The molecule has 0 saturated carbocycles. The number of ether oxygens (including phenoxy) is 2. The minimum absolute atomic E-state index is 0.265. The maximum Gasteiger partial charge on any atom is 0.330 e. The molecule has 0 N–H and O–H groups in total. The molecule has 0 spiro atoms. The number of aromatic nitrogens is 1. The number of fused-ring (bicyclic) bond motifs is 1. The lowest BCUT2D eigenvalue weighted by Crippen LogP contribution is -2.04. The van der Waals surface area contributed by atoms with Gasteiger partial charge < -0.3 is 14.0 Å². The SMILES string of the molecule is COCn1c(C=O)c(/C=C/C(=O)OC)c2ccccc21. The first-order valence-electron chi connectivity index (χ1n) is 6.04. The highest BCUT2D eigenvalue weighted by Gasteiger charge is 2.14. The molecular weight excluding hydrogens is 258 g/mol. The number of esters is 1. The third-order valence-electron chi connectivity index (χ3n) is 3.01. The van der Waals surface area contributed by atoms with Crippen LogP contribution in [0.25, 0.3) is 17.0 Å². The lowest BCUT2D eigenvalue weighted by atomic mass is 10.1. The summed E-state index contributed by atoms with van der Waals surface area (Å²) in [5.74, 6) is -0.467. The van der Waals surface area contributed by atoms with E-state index in [-0.39, 0.29) is 6.73 Å². The molecule has 0 aliphatic heterocycles. The highest BCUT2D eigenvalue weighted by molar-refractivity contribution is 6.00. The quantitative estimate of drug-likeness (QED) is 0.476. The summed E-state index contributed by atoms with van der Waals surface area (Å²) in [4.78, 5) is 22.6. The Hall–Kier alpha value is -2.40. The number of rotatable bonds is 5. The molecule has 104 valence electrons. The average Bonchev–Trinajstić information content (AvgIpc) is 2.78. The van der Waals surface area contributed by atoms with Gasteiger partial charge in [-0.05, 0) is 12.1 Å². The summed E-state index contributed by atoms with van der Waals surface area (Å²) in [5.41, 5.74) is 2.02. The fraction of sp³-hybridized carbons (Fsp3) is 0.200. The van der Waals surface area contributed by atoms with Gasteiger partial charge in [-0.3, -0.25) is 4.79 Å². The topological polar surface area (TPSA) is 57.5 Å². The van der Waals surface area contributed by atoms with Gasteiger partial charge in [0, 0.05) is 24.1 Å². The Bertz CT molecular complexity index is 670. The van der Waals surface area contributed by atoms with Crippen molar-refractivity contribution >= 4 is 29.2 Å². The molecule has 0 radical (unpaired) electrons. The molecule has 0 atom stereocenters. The molecule has 0 saturated heterocycles. The molecule has 20 heavy (non-hydrogen) atoms. The van der Waals surface area contributed by atoms with Gasteiger partial charge in [-0.25, -0.2) is 4.79 Å². The number of hydrogen-bond acceptors (Lipinski definition) is 4. The number of nitrogens with zero attached hydrogens (tertiary/aromatic N) is 1. The van der Waals surface area contributed by atoms with E-state index in [4.69, 9.17) is 4.74 Å². The zero-order valence-corrected chi connectivity index (χ0v) is 11.3. The molecule has 5 heteroatoms. The number of hydrogen-bond donors (Lipinski definition) is 0. The van der Waals surface area contributed by atoms with Crippen LogP contribution in [-0.2, 0) is 21.0 Å². The van der Waals surface area contributed by atoms with Crippen molar-refractivity contribution < 1.29 is 19.1 Å². The van der Waals surface area contributed by atoms with Crippen LogP contribution in [0.4, 0.5) is 0 Å². The van der Waals surface area contributed by atoms with E-state index in [0.29, 0.717) is 11.3 Å². The van der Waals surface area contributed by atoms with Crippen molar-refractivity contribution in [3.63, 3.8) is 0 Å². The van der Waals surface area contributed by atoms with Crippen LogP contribution in [0.3, 0.4) is 0 Å². The normalized spacial score (nSPS) is 11.1. The highest BCUT2D eigenvalue weighted by atomic mass is 16.5. The summed E-state index contributed by atoms with van der Waals surface area (Å²) < 4.78 is 11.5. The first kappa shape index (κ1) is 14.0. The predicted molar refractivity (Wildman–Crippen MR) is 75.4 cm³/mol. The Morgan fingerprint density at radius 3 is 2.70 bits per heavy atom. The molecule has 1 aromatic carbocycles. The van der Waals surface area contributed by atoms with E-state index in [0.717, 1.165) is 17.2 Å². The molecule has 0 fully saturated rings. The van der Waals surface area contributed by atoms with Gasteiger partial charge in [0.2, 0.25) is 0 Å². The maximum atomic E-state index is 11.4. The molecule has 0 aliphatic rings. The number of carbonyl (C=O) groups is 2. The van der Waals surface area contributed by atoms with E-state index in [1.54, 1.807) is 17.8 Å². The third-order valence-corrected chi connectivity index (χ3v) is 3.01. The van der Waals surface area contributed by atoms with Gasteiger partial charge in [0.1, 0.15) is 6.73 Å². The van der Waals surface area contributed by atoms with Crippen molar-refractivity contribution in [2.45, 2.75) is 6.73 Å². The predicted octanol–water partition coefficient (Wildman–Crippen LogP) is 2.24. The highest BCUT2D eigenvalue weighted by Crippen LogP contribution is 2.26. The van der Waals surface area contributed by atoms with Crippen molar-refractivity contribution in [2.24, 2.45) is 0 Å². The second kappa shape index (κ2) is 6.16. The number of methoxy groups -OCH3 is 2. The summed E-state index contributed by atoms with van der Waals surface area (Å²) in [5, 5.41) is 0.881. The molecule has 1 heterocycles. The van der Waals surface area contributed by atoms with Crippen molar-refractivity contribution in [1.29, 1.82) is 0 Å². The molecule has 5 nitrogen and oxygen atoms in total. The number of benzene rings is 1. The molecular formula is C15H15NO4. The second-order valence-corrected chi connectivity index (χ2v) is 4.14. The van der Waals surface area contributed by atoms with Gasteiger partial charge in [-0.1, -0.05) is 18.2 Å². The Morgan fingerprint density at radius 1 is 1.30 bits per heavy atom. The molecule has 2 rings (SSSR count). The zero-order chi connectivity index (χ0) is 14.5. The molecule has 0 unspecified atom stereocenters. The van der Waals surface area contributed by atoms with E-state index in [2.05, 4.69) is 4.74 Å². The Balaban J connectivity index is 2.65. The third kappa shape index (κ3) is 2.48. The van der Waals surface area contributed by atoms with E-state index in [1.807, 2.05) is 24.3 Å². The van der Waals surface area contributed by atoms with Crippen LogP contribution in [0.15, 0.2) is 30.3 Å². The van der Waals surface area contributed by atoms with Crippen molar-refractivity contribution in [3.05, 3.63) is 41.6 Å². The summed E-state index contributed by atoms with van der Waals surface area (Å²) in [7, 11) is 2.87. The summed E-state index contributed by atoms with van der Waals surface area (Å²) in [6.07, 6.45) is 3.64. The first-order valence-corrected chi connectivity index (χ1v) is 6.04. The fourth-order valence-electron chi connectivity index (χ4n) is 2.14. The van der Waals surface area contributed by atoms with Crippen LogP contribution in [0.5, 0.6) is 0 Å². The fourth-order valence-corrected chi connectivity index (χ4v) is 2.14. The molecule has 0 aliphatic carbocycles. The van der Waals surface area contributed by atoms with Gasteiger partial charge in [-0.2, -0.15) is 0 Å². The number of aldehydes is 1. The average molecular weight is 273 g/mol. The number of para-hydroxylation sites is 1. The van der Waals surface area contributed by atoms with Crippen molar-refractivity contribution in [1.82, 2.24) is 4.57 Å². The molecule has 0 amide bonds. The largest absolute Gasteiger partial charge is 0.466 e. The van der Waals surface area contributed by atoms with Gasteiger partial charge >= 0.3 is 5.97 Å². The van der Waals surface area contributed by atoms with Gasteiger partial charge in [0.25, 0.3) is 0 Å². The Morgan fingerprint density at radius 2 is 2.05 bits per heavy atom. The minimum Gasteiger partial charge on any atom is -0.466 e. The summed E-state index contributed by atoms with van der Waals surface area (Å²) in [6.45, 7) is 0.265. The van der Waals surface area contributed by atoms with Crippen molar-refractivity contribution in [3.8, 4) is 0 Å². The van der Waals surface area contributed by atoms with E-state index in [9.17, 15) is 9.59 Å². The van der Waals surface area contributed by atoms with Crippen LogP contribution >= 0.6 is 0 Å². The molecule has 0 bridgehead atoms. The lowest BCUT2D eigenvalue weighted by Gasteiger charge is -2.05. The Labute approximate surface area is 116 Å². The van der Waals surface area contributed by atoms with Crippen molar-refractivity contribution in [2.75, 3.05) is 14.2 Å². The van der Waals surface area contributed by atoms with E-state index < -0.39 is 5.97 Å². The zero-order valence-electron chi connectivity index (χ0n) is 11.3. The number of carbonyl (C=O) groups excluding carboxylic acids is 2. The monoisotopic (exact) mass is 273 g/mol. The minimum atomic E-state index is -0.467. The lowest BCUT2D eigenvalue weighted by molar-refractivity contribution is -0.134. The van der Waals surface area contributed by atoms with Gasteiger partial charge in [0.15, 0.2) is 6.29 Å². The maximum absolute atomic E-state index is 11.4. The summed E-state index contributed by atoms with van der Waals surface area (Å²) >= 11 is 0. The van der Waals surface area contributed by atoms with E-state index >= 15 is 0 Å². The molecule has 1 aromatic heterocycles. The van der Waals surface area contributed by atoms with E-state index in [1.165, 1.54) is 13.2 Å².